The van der Waals surface area contributed by atoms with Gasteiger partial charge in [0.15, 0.2) is 5.82 Å². The lowest BCUT2D eigenvalue weighted by atomic mass is 9.81. The molecule has 0 bridgehead atoms. The Labute approximate surface area is 134 Å². The quantitative estimate of drug-likeness (QED) is 0.552. The van der Waals surface area contributed by atoms with Crippen LogP contribution in [0.25, 0.3) is 0 Å². The third kappa shape index (κ3) is 3.40. The van der Waals surface area contributed by atoms with Gasteiger partial charge in [-0.15, -0.1) is 0 Å². The second-order valence-electron chi connectivity index (χ2n) is 4.90. The van der Waals surface area contributed by atoms with Crippen LogP contribution in [-0.2, 0) is 14.8 Å². The van der Waals surface area contributed by atoms with Crippen molar-refractivity contribution in [3.8, 4) is 0 Å². The number of nitrogens with zero attached hydrogens (tertiary/aromatic N) is 2. The Bertz CT molecular complexity index is 772. The lowest BCUT2D eigenvalue weighted by Gasteiger charge is -2.21. The molecule has 2 N–H and O–H groups in total. The average Bonchev–Trinajstić information content (AvgIpc) is 2.84. The van der Waals surface area contributed by atoms with Crippen molar-refractivity contribution >= 4 is 28.4 Å². The van der Waals surface area contributed by atoms with Crippen LogP contribution in [0.3, 0.4) is 0 Å². The Balaban J connectivity index is 2.46. The maximum atomic E-state index is 12.8. The third-order valence-corrected chi connectivity index (χ3v) is 5.11. The van der Waals surface area contributed by atoms with Gasteiger partial charge in [-0.2, -0.15) is 0 Å². The zero-order valence-corrected chi connectivity index (χ0v) is 13.7. The number of benzene rings is 1. The summed E-state index contributed by atoms with van der Waals surface area (Å²) in [7, 11) is -4.24. The number of rotatable bonds is 6. The molecule has 0 aliphatic rings. The minimum absolute atomic E-state index is 0.0287. The van der Waals surface area contributed by atoms with E-state index in [1.165, 1.54) is 31.4 Å². The summed E-state index contributed by atoms with van der Waals surface area (Å²) in [6, 6.07) is 5.22. The predicted octanol–water partition coefficient (Wildman–Crippen LogP) is -0.230. The van der Waals surface area contributed by atoms with Crippen molar-refractivity contribution in [1.29, 1.82) is 0 Å². The van der Waals surface area contributed by atoms with Gasteiger partial charge < -0.3 is 19.3 Å². The van der Waals surface area contributed by atoms with Gasteiger partial charge in [-0.3, -0.25) is 0 Å². The Morgan fingerprint density at radius 3 is 2.30 bits per heavy atom. The van der Waals surface area contributed by atoms with Crippen LogP contribution in [0.4, 0.5) is 5.82 Å². The monoisotopic (exact) mass is 340 g/mol. The van der Waals surface area contributed by atoms with E-state index in [0.717, 1.165) is 4.31 Å². The molecule has 1 heterocycles. The summed E-state index contributed by atoms with van der Waals surface area (Å²) >= 11 is 0. The number of hydrogen-bond acceptors (Lipinski definition) is 7. The molecule has 0 atom stereocenters. The van der Waals surface area contributed by atoms with E-state index in [-0.39, 0.29) is 22.9 Å². The molecular weight excluding hydrogens is 323 g/mol. The van der Waals surface area contributed by atoms with Crippen LogP contribution in [0, 0.1) is 13.8 Å². The summed E-state index contributed by atoms with van der Waals surface area (Å²) in [4.78, 5) is -0.0287. The van der Waals surface area contributed by atoms with Crippen LogP contribution in [0.1, 0.15) is 11.3 Å². The maximum absolute atomic E-state index is 12.8. The predicted molar refractivity (Wildman–Crippen MR) is 83.8 cm³/mol. The van der Waals surface area contributed by atoms with E-state index < -0.39 is 17.1 Å². The minimum Gasteiger partial charge on any atom is -0.423 e. The molecule has 8 nitrogen and oxygen atoms in total. The summed E-state index contributed by atoms with van der Waals surface area (Å²) in [5.41, 5.74) is 0.781. The van der Waals surface area contributed by atoms with Crippen LogP contribution in [0.5, 0.6) is 0 Å². The highest BCUT2D eigenvalue weighted by atomic mass is 32.2. The standard InChI is InChI=1S/C13H17BN2O6S/c1-9-10(2)22-15-13(9)16(8-21-3)23(19,20)12-6-4-11(5-7-12)14(17)18/h4-7,17-18H,8H2,1-3H3. The van der Waals surface area contributed by atoms with Gasteiger partial charge in [0.2, 0.25) is 0 Å². The van der Waals surface area contributed by atoms with E-state index in [4.69, 9.17) is 19.3 Å². The van der Waals surface area contributed by atoms with Crippen LogP contribution in [-0.4, -0.2) is 44.6 Å². The fourth-order valence-corrected chi connectivity index (χ4v) is 3.32. The number of hydrogen-bond donors (Lipinski definition) is 2. The Kier molecular flexibility index (Phi) is 5.10. The van der Waals surface area contributed by atoms with Crippen molar-refractivity contribution in [3.63, 3.8) is 0 Å². The second-order valence-corrected chi connectivity index (χ2v) is 6.76. The van der Waals surface area contributed by atoms with Crippen LogP contribution in [0.2, 0.25) is 0 Å². The van der Waals surface area contributed by atoms with Crippen molar-refractivity contribution in [3.05, 3.63) is 35.6 Å². The fraction of sp³-hybridized carbons (Fsp3) is 0.308. The zero-order chi connectivity index (χ0) is 17.2. The lowest BCUT2D eigenvalue weighted by molar-refractivity contribution is 0.208. The molecule has 1 aromatic carbocycles. The molecule has 124 valence electrons. The summed E-state index contributed by atoms with van der Waals surface area (Å²) in [5.74, 6) is 0.658. The first kappa shape index (κ1) is 17.5. The van der Waals surface area contributed by atoms with Crippen LogP contribution >= 0.6 is 0 Å². The first-order chi connectivity index (χ1) is 10.8. The van der Waals surface area contributed by atoms with Gasteiger partial charge in [0.05, 0.1) is 4.90 Å². The molecule has 0 saturated carbocycles. The van der Waals surface area contributed by atoms with Crippen molar-refractivity contribution < 1.29 is 27.7 Å². The number of methoxy groups -OCH3 is 1. The molecule has 0 aliphatic heterocycles. The minimum atomic E-state index is -3.95. The molecule has 23 heavy (non-hydrogen) atoms. The van der Waals surface area contributed by atoms with Gasteiger partial charge in [0.25, 0.3) is 10.0 Å². The highest BCUT2D eigenvalue weighted by molar-refractivity contribution is 7.92. The number of aryl methyl sites for hydroxylation is 1. The van der Waals surface area contributed by atoms with Gasteiger partial charge in [0, 0.05) is 12.7 Å². The summed E-state index contributed by atoms with van der Waals surface area (Å²) in [5, 5.41) is 21.9. The maximum Gasteiger partial charge on any atom is 0.488 e. The molecule has 0 radical (unpaired) electrons. The van der Waals surface area contributed by atoms with Crippen LogP contribution < -0.4 is 9.77 Å². The largest absolute Gasteiger partial charge is 0.488 e. The Morgan fingerprint density at radius 1 is 1.26 bits per heavy atom. The van der Waals surface area contributed by atoms with Crippen molar-refractivity contribution in [2.75, 3.05) is 18.1 Å². The van der Waals surface area contributed by atoms with Crippen molar-refractivity contribution in [2.24, 2.45) is 0 Å². The van der Waals surface area contributed by atoms with E-state index in [9.17, 15) is 8.42 Å². The molecule has 0 aliphatic carbocycles. The van der Waals surface area contributed by atoms with E-state index in [0.29, 0.717) is 11.3 Å². The second kappa shape index (κ2) is 6.71. The Hall–Kier alpha value is -1.88. The molecule has 1 aromatic heterocycles. The summed E-state index contributed by atoms with van der Waals surface area (Å²) < 4.78 is 36.6. The van der Waals surface area contributed by atoms with Gasteiger partial charge in [0.1, 0.15) is 12.5 Å². The first-order valence-corrected chi connectivity index (χ1v) is 8.13. The molecule has 2 rings (SSSR count). The Morgan fingerprint density at radius 2 is 1.87 bits per heavy atom. The molecule has 10 heteroatoms. The lowest BCUT2D eigenvalue weighted by Crippen LogP contribution is -2.34. The molecule has 0 spiro atoms. The molecule has 0 saturated heterocycles. The summed E-state index contributed by atoms with van der Waals surface area (Å²) in [6.07, 6.45) is 0. The molecular formula is C13H17BN2O6S. The topological polar surface area (TPSA) is 113 Å². The summed E-state index contributed by atoms with van der Waals surface area (Å²) in [6.45, 7) is 3.14. The molecule has 0 amide bonds. The average molecular weight is 340 g/mol. The number of ether oxygens (including phenoxy) is 1. The molecule has 2 aromatic rings. The van der Waals surface area contributed by atoms with E-state index in [1.807, 2.05) is 0 Å². The van der Waals surface area contributed by atoms with Crippen molar-refractivity contribution in [1.82, 2.24) is 5.16 Å². The van der Waals surface area contributed by atoms with E-state index in [2.05, 4.69) is 5.16 Å². The molecule has 0 unspecified atom stereocenters. The fourth-order valence-electron chi connectivity index (χ4n) is 1.94. The van der Waals surface area contributed by atoms with E-state index in [1.54, 1.807) is 13.8 Å². The number of aromatic nitrogens is 1. The third-order valence-electron chi connectivity index (χ3n) is 3.38. The first-order valence-electron chi connectivity index (χ1n) is 6.69. The molecule has 0 fully saturated rings. The van der Waals surface area contributed by atoms with Gasteiger partial charge >= 0.3 is 7.12 Å². The van der Waals surface area contributed by atoms with Gasteiger partial charge in [-0.05, 0) is 31.4 Å². The highest BCUT2D eigenvalue weighted by Crippen LogP contribution is 2.27. The zero-order valence-electron chi connectivity index (χ0n) is 12.9. The number of anilines is 1. The normalized spacial score (nSPS) is 11.5. The van der Waals surface area contributed by atoms with Crippen LogP contribution in [0.15, 0.2) is 33.7 Å². The number of sulfonamides is 1. The van der Waals surface area contributed by atoms with Gasteiger partial charge in [-0.25, -0.2) is 12.7 Å². The highest BCUT2D eigenvalue weighted by Gasteiger charge is 2.29. The van der Waals surface area contributed by atoms with Gasteiger partial charge in [-0.1, -0.05) is 17.3 Å². The van der Waals surface area contributed by atoms with E-state index >= 15 is 0 Å². The SMILES string of the molecule is COCN(c1noc(C)c1C)S(=O)(=O)c1ccc(B(O)O)cc1. The smallest absolute Gasteiger partial charge is 0.423 e. The van der Waals surface area contributed by atoms with Crippen molar-refractivity contribution in [2.45, 2.75) is 18.7 Å².